The largest absolute Gasteiger partial charge is 0.377 e. The van der Waals surface area contributed by atoms with Gasteiger partial charge in [-0.25, -0.2) is 19.4 Å². The zero-order valence-corrected chi connectivity index (χ0v) is 17.2. The Balaban J connectivity index is 1.92. The lowest BCUT2D eigenvalue weighted by Gasteiger charge is -2.11. The summed E-state index contributed by atoms with van der Waals surface area (Å²) in [5.74, 6) is 1.24. The van der Waals surface area contributed by atoms with Crippen molar-refractivity contribution in [3.63, 3.8) is 0 Å². The van der Waals surface area contributed by atoms with E-state index < -0.39 is 0 Å². The third kappa shape index (κ3) is 4.80. The molecule has 3 N–H and O–H groups in total. The molecule has 3 rings (SSSR count). The minimum Gasteiger partial charge on any atom is -0.377 e. The van der Waals surface area contributed by atoms with Crippen molar-refractivity contribution in [2.45, 2.75) is 27.4 Å². The topological polar surface area (TPSA) is 106 Å². The summed E-state index contributed by atoms with van der Waals surface area (Å²) in [4.78, 5) is 20.8. The summed E-state index contributed by atoms with van der Waals surface area (Å²) in [5.41, 5.74) is 3.65. The Bertz CT molecular complexity index is 983. The number of rotatable bonds is 8. The van der Waals surface area contributed by atoms with Crippen LogP contribution in [0.5, 0.6) is 0 Å². The fraction of sp³-hybridized carbons (Fsp3) is 0.400. The fourth-order valence-corrected chi connectivity index (χ4v) is 3.00. The summed E-state index contributed by atoms with van der Waals surface area (Å²) in [6, 6.07) is 7.93. The molecule has 0 saturated heterocycles. The van der Waals surface area contributed by atoms with Crippen LogP contribution in [0.4, 0.5) is 10.6 Å². The van der Waals surface area contributed by atoms with Crippen LogP contribution in [0.1, 0.15) is 24.0 Å². The predicted molar refractivity (Wildman–Crippen MR) is 112 cm³/mol. The molecule has 0 atom stereocenters. The number of fused-ring (bicyclic) bond motifs is 1. The molecule has 0 unspecified atom stereocenters. The molecule has 0 radical (unpaired) electrons. The number of hydrogen-bond acceptors (Lipinski definition) is 6. The van der Waals surface area contributed by atoms with Crippen LogP contribution in [0.15, 0.2) is 24.3 Å². The van der Waals surface area contributed by atoms with E-state index in [1.807, 2.05) is 49.7 Å². The van der Waals surface area contributed by atoms with Gasteiger partial charge in [-0.15, -0.1) is 0 Å². The Morgan fingerprint density at radius 2 is 1.86 bits per heavy atom. The second-order valence-electron chi connectivity index (χ2n) is 6.67. The second-order valence-corrected chi connectivity index (χ2v) is 6.67. The highest BCUT2D eigenvalue weighted by atomic mass is 16.5. The predicted octanol–water partition coefficient (Wildman–Crippen LogP) is 2.31. The molecule has 9 nitrogen and oxygen atoms in total. The molecule has 154 valence electrons. The van der Waals surface area contributed by atoms with Gasteiger partial charge in [0.2, 0.25) is 0 Å². The van der Waals surface area contributed by atoms with Crippen LogP contribution in [0.2, 0.25) is 0 Å². The van der Waals surface area contributed by atoms with Crippen LogP contribution in [-0.4, -0.2) is 52.5 Å². The molecular weight excluding hydrogens is 370 g/mol. The quantitative estimate of drug-likeness (QED) is 0.504. The van der Waals surface area contributed by atoms with Gasteiger partial charge in [0, 0.05) is 26.7 Å². The number of amides is 2. The SMILES string of the molecule is CCNC(=O)NCCNc1nc(COC)nc2c1c(C)nn2-c1ccc(C)cc1. The van der Waals surface area contributed by atoms with Gasteiger partial charge in [-0.05, 0) is 32.9 Å². The molecule has 0 aliphatic heterocycles. The number of nitrogens with one attached hydrogen (secondary N) is 3. The molecule has 0 spiro atoms. The average Bonchev–Trinajstić information content (AvgIpc) is 3.03. The number of aryl methyl sites for hydroxylation is 2. The van der Waals surface area contributed by atoms with Crippen molar-refractivity contribution >= 4 is 22.9 Å². The van der Waals surface area contributed by atoms with Crippen molar-refractivity contribution in [1.29, 1.82) is 0 Å². The van der Waals surface area contributed by atoms with Gasteiger partial charge in [-0.2, -0.15) is 5.10 Å². The first-order chi connectivity index (χ1) is 14.0. The van der Waals surface area contributed by atoms with E-state index in [9.17, 15) is 4.79 Å². The van der Waals surface area contributed by atoms with Crippen molar-refractivity contribution in [3.8, 4) is 5.69 Å². The van der Waals surface area contributed by atoms with Crippen LogP contribution in [0, 0.1) is 13.8 Å². The number of hydrogen-bond donors (Lipinski definition) is 3. The Hall–Kier alpha value is -3.20. The van der Waals surface area contributed by atoms with E-state index in [0.29, 0.717) is 43.5 Å². The highest BCUT2D eigenvalue weighted by molar-refractivity contribution is 5.90. The Morgan fingerprint density at radius 1 is 1.10 bits per heavy atom. The molecule has 29 heavy (non-hydrogen) atoms. The number of carbonyl (C=O) groups excluding carboxylic acids is 1. The molecule has 2 aromatic heterocycles. The molecule has 0 bridgehead atoms. The fourth-order valence-electron chi connectivity index (χ4n) is 3.00. The van der Waals surface area contributed by atoms with Gasteiger partial charge in [0.25, 0.3) is 0 Å². The molecule has 2 heterocycles. The number of anilines is 1. The highest BCUT2D eigenvalue weighted by Gasteiger charge is 2.17. The lowest BCUT2D eigenvalue weighted by atomic mass is 10.2. The number of carbonyl (C=O) groups is 1. The molecule has 0 saturated carbocycles. The first-order valence-electron chi connectivity index (χ1n) is 9.61. The van der Waals surface area contributed by atoms with E-state index in [4.69, 9.17) is 4.74 Å². The maximum absolute atomic E-state index is 11.5. The van der Waals surface area contributed by atoms with Gasteiger partial charge in [0.05, 0.1) is 16.8 Å². The van der Waals surface area contributed by atoms with E-state index >= 15 is 0 Å². The lowest BCUT2D eigenvalue weighted by Crippen LogP contribution is -2.37. The standard InChI is InChI=1S/C20H27N7O2/c1-5-21-20(28)23-11-10-22-18-17-14(3)26-27(15-8-6-13(2)7-9-15)19(17)25-16(24-18)12-29-4/h6-9H,5,10-12H2,1-4H3,(H2,21,23,28)(H,22,24,25). The van der Waals surface area contributed by atoms with Crippen molar-refractivity contribution in [2.75, 3.05) is 32.1 Å². The van der Waals surface area contributed by atoms with Gasteiger partial charge < -0.3 is 20.7 Å². The van der Waals surface area contributed by atoms with E-state index in [2.05, 4.69) is 31.0 Å². The highest BCUT2D eigenvalue weighted by Crippen LogP contribution is 2.26. The lowest BCUT2D eigenvalue weighted by molar-refractivity contribution is 0.178. The Morgan fingerprint density at radius 3 is 2.55 bits per heavy atom. The second kappa shape index (κ2) is 9.33. The molecular formula is C20H27N7O2. The zero-order chi connectivity index (χ0) is 20.8. The number of benzene rings is 1. The summed E-state index contributed by atoms with van der Waals surface area (Å²) < 4.78 is 7.06. The summed E-state index contributed by atoms with van der Waals surface area (Å²) in [6.45, 7) is 7.72. The normalized spacial score (nSPS) is 10.9. The summed E-state index contributed by atoms with van der Waals surface area (Å²) >= 11 is 0. The number of urea groups is 1. The number of methoxy groups -OCH3 is 1. The smallest absolute Gasteiger partial charge is 0.314 e. The van der Waals surface area contributed by atoms with Crippen LogP contribution < -0.4 is 16.0 Å². The van der Waals surface area contributed by atoms with Crippen LogP contribution in [-0.2, 0) is 11.3 Å². The first-order valence-corrected chi connectivity index (χ1v) is 9.61. The maximum Gasteiger partial charge on any atom is 0.314 e. The third-order valence-electron chi connectivity index (χ3n) is 4.34. The van der Waals surface area contributed by atoms with Crippen molar-refractivity contribution in [3.05, 3.63) is 41.3 Å². The average molecular weight is 397 g/mol. The Labute approximate surface area is 169 Å². The summed E-state index contributed by atoms with van der Waals surface area (Å²) in [7, 11) is 1.61. The van der Waals surface area contributed by atoms with Crippen LogP contribution in [0.3, 0.4) is 0 Å². The van der Waals surface area contributed by atoms with Gasteiger partial charge in [0.1, 0.15) is 12.4 Å². The molecule has 3 aromatic rings. The third-order valence-corrected chi connectivity index (χ3v) is 4.34. The number of nitrogens with zero attached hydrogens (tertiary/aromatic N) is 4. The Kier molecular flexibility index (Phi) is 6.61. The van der Waals surface area contributed by atoms with Crippen LogP contribution in [0.25, 0.3) is 16.7 Å². The van der Waals surface area contributed by atoms with Crippen LogP contribution >= 0.6 is 0 Å². The van der Waals surface area contributed by atoms with Crippen molar-refractivity contribution in [2.24, 2.45) is 0 Å². The van der Waals surface area contributed by atoms with Gasteiger partial charge in [-0.1, -0.05) is 17.7 Å². The minimum absolute atomic E-state index is 0.189. The first kappa shape index (κ1) is 20.5. The molecule has 0 aliphatic rings. The zero-order valence-electron chi connectivity index (χ0n) is 17.2. The number of aromatic nitrogens is 4. The van der Waals surface area contributed by atoms with Gasteiger partial charge in [-0.3, -0.25) is 0 Å². The molecule has 9 heteroatoms. The summed E-state index contributed by atoms with van der Waals surface area (Å²) in [5, 5.41) is 14.3. The molecule has 0 fully saturated rings. The number of ether oxygens (including phenoxy) is 1. The van der Waals surface area contributed by atoms with E-state index in [1.165, 1.54) is 5.56 Å². The monoisotopic (exact) mass is 397 g/mol. The van der Waals surface area contributed by atoms with E-state index in [0.717, 1.165) is 16.8 Å². The van der Waals surface area contributed by atoms with Crippen molar-refractivity contribution in [1.82, 2.24) is 30.4 Å². The maximum atomic E-state index is 11.5. The van der Waals surface area contributed by atoms with Crippen molar-refractivity contribution < 1.29 is 9.53 Å². The van der Waals surface area contributed by atoms with Gasteiger partial charge >= 0.3 is 6.03 Å². The molecule has 1 aromatic carbocycles. The van der Waals surface area contributed by atoms with E-state index in [-0.39, 0.29) is 6.03 Å². The van der Waals surface area contributed by atoms with Gasteiger partial charge in [0.15, 0.2) is 11.5 Å². The van der Waals surface area contributed by atoms with E-state index in [1.54, 1.807) is 7.11 Å². The molecule has 0 aliphatic carbocycles. The summed E-state index contributed by atoms with van der Waals surface area (Å²) in [6.07, 6.45) is 0. The molecule has 2 amide bonds. The minimum atomic E-state index is -0.189.